The van der Waals surface area contributed by atoms with Crippen LogP contribution in [0.1, 0.15) is 18.9 Å². The maximum absolute atomic E-state index is 12.7. The summed E-state index contributed by atoms with van der Waals surface area (Å²) in [7, 11) is 2.64. The van der Waals surface area contributed by atoms with Crippen LogP contribution in [0.5, 0.6) is 11.5 Å². The first-order chi connectivity index (χ1) is 19.1. The number of phenolic OH excluding ortho intramolecular Hbond substituents is 1. The highest BCUT2D eigenvalue weighted by atomic mass is 16.8. The van der Waals surface area contributed by atoms with Gasteiger partial charge >= 0.3 is 11.9 Å². The molecule has 1 aromatic carbocycles. The molecule has 0 bridgehead atoms. The highest BCUT2D eigenvalue weighted by Crippen LogP contribution is 2.48. The maximum atomic E-state index is 12.7. The van der Waals surface area contributed by atoms with Crippen molar-refractivity contribution in [3.8, 4) is 11.5 Å². The van der Waals surface area contributed by atoms with E-state index in [-0.39, 0.29) is 23.5 Å². The van der Waals surface area contributed by atoms with Gasteiger partial charge in [-0.1, -0.05) is 13.0 Å². The second-order valence-corrected chi connectivity index (χ2v) is 9.92. The SMILES string of the molecule is COC(=O)C1=CO[C@@H](O[C@@H]2O[C@H](CO)[C@@H](O)[C@H](O)[C@H]2O)[C@@H]2[C@@H](C)[C@@H](OC(=O)/C=C\c3ccc(O)c(OC)c3)C[C@H]12. The van der Waals surface area contributed by atoms with Crippen LogP contribution in [0.2, 0.25) is 0 Å². The molecule has 13 heteroatoms. The van der Waals surface area contributed by atoms with E-state index in [0.29, 0.717) is 5.56 Å². The van der Waals surface area contributed by atoms with Crippen LogP contribution < -0.4 is 4.74 Å². The first-order valence-corrected chi connectivity index (χ1v) is 12.7. The Morgan fingerprint density at radius 2 is 1.85 bits per heavy atom. The van der Waals surface area contributed by atoms with Crippen LogP contribution in [0.4, 0.5) is 0 Å². The van der Waals surface area contributed by atoms with E-state index in [0.717, 1.165) is 0 Å². The number of hydrogen-bond donors (Lipinski definition) is 5. The van der Waals surface area contributed by atoms with Crippen molar-refractivity contribution in [3.63, 3.8) is 0 Å². The number of benzene rings is 1. The van der Waals surface area contributed by atoms with Crippen LogP contribution in [-0.4, -0.2) is 101 Å². The molecule has 2 aliphatic heterocycles. The van der Waals surface area contributed by atoms with Gasteiger partial charge in [-0.25, -0.2) is 9.59 Å². The molecule has 0 unspecified atom stereocenters. The van der Waals surface area contributed by atoms with Gasteiger partial charge in [0.15, 0.2) is 17.8 Å². The summed E-state index contributed by atoms with van der Waals surface area (Å²) in [4.78, 5) is 25.2. The summed E-state index contributed by atoms with van der Waals surface area (Å²) in [6.45, 7) is 1.16. The fraction of sp³-hybridized carbons (Fsp3) is 0.556. The molecule has 1 aromatic rings. The average molecular weight is 567 g/mol. The van der Waals surface area contributed by atoms with Crippen molar-refractivity contribution in [1.29, 1.82) is 0 Å². The van der Waals surface area contributed by atoms with E-state index in [1.807, 2.05) is 0 Å². The summed E-state index contributed by atoms with van der Waals surface area (Å²) in [5.41, 5.74) is 0.815. The van der Waals surface area contributed by atoms with Gasteiger partial charge in [-0.05, 0) is 30.2 Å². The third kappa shape index (κ3) is 5.94. The molecule has 3 aliphatic rings. The standard InChI is InChI=1S/C27H34O13/c1-12-17(38-20(30)7-5-13-4-6-16(29)18(8-13)35-2)9-14-15(25(34)36-3)11-37-26(21(12)14)40-27-24(33)23(32)22(31)19(10-28)39-27/h4-8,11-12,14,17,19,21-24,26-29,31-33H,9-10H2,1-3H3/b7-5-/t12-,14+,17-,19+,21+,22+,23-,24+,26-,27-/m0/s1. The smallest absolute Gasteiger partial charge is 0.337 e. The van der Waals surface area contributed by atoms with E-state index in [4.69, 9.17) is 28.4 Å². The van der Waals surface area contributed by atoms with E-state index >= 15 is 0 Å². The minimum atomic E-state index is -1.65. The lowest BCUT2D eigenvalue weighted by Gasteiger charge is -2.43. The van der Waals surface area contributed by atoms with E-state index < -0.39 is 79.4 Å². The quantitative estimate of drug-likeness (QED) is 0.206. The minimum Gasteiger partial charge on any atom is -0.504 e. The third-order valence-electron chi connectivity index (χ3n) is 7.61. The summed E-state index contributed by atoms with van der Waals surface area (Å²) in [5, 5.41) is 49.8. The van der Waals surface area contributed by atoms with Crippen LogP contribution in [0.15, 0.2) is 36.1 Å². The molecule has 1 saturated carbocycles. The van der Waals surface area contributed by atoms with Crippen molar-refractivity contribution in [2.75, 3.05) is 20.8 Å². The molecule has 0 aromatic heterocycles. The van der Waals surface area contributed by atoms with Crippen LogP contribution in [0.3, 0.4) is 0 Å². The number of aliphatic hydroxyl groups is 4. The highest BCUT2D eigenvalue weighted by Gasteiger charge is 2.54. The van der Waals surface area contributed by atoms with Crippen LogP contribution in [-0.2, 0) is 33.3 Å². The molecule has 2 heterocycles. The molecule has 1 aliphatic carbocycles. The predicted octanol–water partition coefficient (Wildman–Crippen LogP) is -0.172. The number of hydrogen-bond acceptors (Lipinski definition) is 13. The molecule has 40 heavy (non-hydrogen) atoms. The zero-order chi connectivity index (χ0) is 29.1. The van der Waals surface area contributed by atoms with E-state index in [1.165, 1.54) is 38.7 Å². The second kappa shape index (κ2) is 12.5. The molecule has 2 fully saturated rings. The van der Waals surface area contributed by atoms with E-state index in [2.05, 4.69) is 0 Å². The van der Waals surface area contributed by atoms with Gasteiger partial charge in [-0.3, -0.25) is 0 Å². The molecule has 220 valence electrons. The second-order valence-electron chi connectivity index (χ2n) is 9.92. The maximum Gasteiger partial charge on any atom is 0.337 e. The Labute approximate surface area is 230 Å². The van der Waals surface area contributed by atoms with Gasteiger partial charge < -0.3 is 54.0 Å². The number of aromatic hydroxyl groups is 1. The number of carbonyl (C=O) groups excluding carboxylic acids is 2. The molecule has 10 atom stereocenters. The number of aliphatic hydroxyl groups excluding tert-OH is 4. The van der Waals surface area contributed by atoms with Crippen molar-refractivity contribution in [3.05, 3.63) is 41.7 Å². The normalized spacial score (nSPS) is 35.4. The average Bonchev–Trinajstić information content (AvgIpc) is 3.28. The fourth-order valence-electron chi connectivity index (χ4n) is 5.38. The Kier molecular flexibility index (Phi) is 9.33. The van der Waals surface area contributed by atoms with Gasteiger partial charge in [-0.15, -0.1) is 0 Å². The first kappa shape index (κ1) is 29.8. The van der Waals surface area contributed by atoms with Gasteiger partial charge in [0, 0.05) is 23.8 Å². The first-order valence-electron chi connectivity index (χ1n) is 12.7. The van der Waals surface area contributed by atoms with Crippen molar-refractivity contribution in [2.24, 2.45) is 17.8 Å². The molecule has 0 spiro atoms. The zero-order valence-electron chi connectivity index (χ0n) is 22.2. The Hall–Kier alpha value is -3.20. The number of rotatable bonds is 8. The molecule has 4 rings (SSSR count). The van der Waals surface area contributed by atoms with Crippen molar-refractivity contribution in [2.45, 2.75) is 56.4 Å². The van der Waals surface area contributed by atoms with E-state index in [9.17, 15) is 35.1 Å². The third-order valence-corrected chi connectivity index (χ3v) is 7.61. The Morgan fingerprint density at radius 1 is 1.10 bits per heavy atom. The van der Waals surface area contributed by atoms with Crippen molar-refractivity contribution >= 4 is 18.0 Å². The topological polar surface area (TPSA) is 191 Å². The van der Waals surface area contributed by atoms with Gasteiger partial charge in [0.1, 0.15) is 30.5 Å². The Morgan fingerprint density at radius 3 is 2.52 bits per heavy atom. The van der Waals surface area contributed by atoms with Gasteiger partial charge in [0.25, 0.3) is 0 Å². The van der Waals surface area contributed by atoms with Gasteiger partial charge in [0.05, 0.1) is 32.7 Å². The van der Waals surface area contributed by atoms with Crippen LogP contribution >= 0.6 is 0 Å². The van der Waals surface area contributed by atoms with Crippen molar-refractivity contribution in [1.82, 2.24) is 0 Å². The predicted molar refractivity (Wildman–Crippen MR) is 134 cm³/mol. The lowest BCUT2D eigenvalue weighted by molar-refractivity contribution is -0.342. The molecular weight excluding hydrogens is 532 g/mol. The fourth-order valence-corrected chi connectivity index (χ4v) is 5.38. The summed E-state index contributed by atoms with van der Waals surface area (Å²) in [6, 6.07) is 4.58. The summed E-state index contributed by atoms with van der Waals surface area (Å²) in [6.07, 6.45) is -5.08. The molecule has 5 N–H and O–H groups in total. The van der Waals surface area contributed by atoms with Crippen LogP contribution in [0.25, 0.3) is 6.08 Å². The molecule has 0 amide bonds. The minimum absolute atomic E-state index is 0.0400. The van der Waals surface area contributed by atoms with Crippen LogP contribution in [0, 0.1) is 17.8 Å². The molecule has 1 saturated heterocycles. The number of fused-ring (bicyclic) bond motifs is 1. The lowest BCUT2D eigenvalue weighted by Crippen LogP contribution is -2.60. The van der Waals surface area contributed by atoms with Gasteiger partial charge in [-0.2, -0.15) is 0 Å². The van der Waals surface area contributed by atoms with Crippen molar-refractivity contribution < 1.29 is 63.5 Å². The molecule has 13 nitrogen and oxygen atoms in total. The molecular formula is C27H34O13. The lowest BCUT2D eigenvalue weighted by atomic mass is 9.83. The largest absolute Gasteiger partial charge is 0.504 e. The zero-order valence-corrected chi connectivity index (χ0v) is 22.2. The Balaban J connectivity index is 1.50. The number of methoxy groups -OCH3 is 2. The Bertz CT molecular complexity index is 1130. The monoisotopic (exact) mass is 566 g/mol. The number of ether oxygens (including phenoxy) is 6. The summed E-state index contributed by atoms with van der Waals surface area (Å²) in [5.74, 6) is -2.53. The number of phenols is 1. The molecule has 0 radical (unpaired) electrons. The number of esters is 2. The highest BCUT2D eigenvalue weighted by molar-refractivity contribution is 5.89. The summed E-state index contributed by atoms with van der Waals surface area (Å²) < 4.78 is 32.7. The number of carbonyl (C=O) groups is 2. The summed E-state index contributed by atoms with van der Waals surface area (Å²) >= 11 is 0. The van der Waals surface area contributed by atoms with Gasteiger partial charge in [0.2, 0.25) is 6.29 Å². The van der Waals surface area contributed by atoms with E-state index in [1.54, 1.807) is 19.1 Å².